The molecule has 0 aliphatic heterocycles. The molecule has 0 aromatic heterocycles. The van der Waals surface area contributed by atoms with E-state index in [1.807, 2.05) is 0 Å². The lowest BCUT2D eigenvalue weighted by molar-refractivity contribution is -0.863. The predicted octanol–water partition coefficient (Wildman–Crippen LogP) is 0.117. The van der Waals surface area contributed by atoms with Crippen LogP contribution in [0.1, 0.15) is 37.2 Å². The third-order valence-corrected chi connectivity index (χ3v) is 5.82. The lowest BCUT2D eigenvalue weighted by Crippen LogP contribution is -3.06. The molecule has 1 nitrogen and oxygen atoms in total. The molecule has 3 aliphatic rings. The number of hydrogen-bond donors (Lipinski definition) is 1. The number of hydrogen-bond acceptors (Lipinski definition) is 0. The van der Waals surface area contributed by atoms with Crippen molar-refractivity contribution in [1.29, 1.82) is 0 Å². The summed E-state index contributed by atoms with van der Waals surface area (Å²) in [5.74, 6) is 3.64. The van der Waals surface area contributed by atoms with E-state index in [9.17, 15) is 0 Å². The average molecular weight is 359 g/mol. The van der Waals surface area contributed by atoms with E-state index in [4.69, 9.17) is 0 Å². The van der Waals surface area contributed by atoms with E-state index in [1.165, 1.54) is 36.7 Å². The molecular weight excluding hydrogens is 334 g/mol. The zero-order valence-corrected chi connectivity index (χ0v) is 14.8. The fourth-order valence-electron chi connectivity index (χ4n) is 4.54. The Hall–Kier alpha value is -0.0500. The summed E-state index contributed by atoms with van der Waals surface area (Å²) in [5.41, 5.74) is 1.59. The monoisotopic (exact) mass is 357 g/mol. The van der Waals surface area contributed by atoms with Crippen molar-refractivity contribution >= 4 is 15.9 Å². The molecule has 0 radical (unpaired) electrons. The first-order valence-electron chi connectivity index (χ1n) is 7.69. The highest BCUT2D eigenvalue weighted by atomic mass is 79.9. The van der Waals surface area contributed by atoms with E-state index in [2.05, 4.69) is 54.3 Å². The topological polar surface area (TPSA) is 4.44 Å². The Morgan fingerprint density at radius 1 is 1.00 bits per heavy atom. The fraction of sp³-hybridized carbons (Fsp3) is 0.647. The lowest BCUT2D eigenvalue weighted by atomic mass is 9.57. The number of rotatable bonds is 3. The molecule has 4 rings (SSSR count). The molecule has 3 aliphatic carbocycles. The van der Waals surface area contributed by atoms with Gasteiger partial charge in [0.1, 0.15) is 0 Å². The highest BCUT2D eigenvalue weighted by Gasteiger charge is 2.45. The molecule has 3 heteroatoms. The van der Waals surface area contributed by atoms with Crippen LogP contribution in [0.3, 0.4) is 0 Å². The zero-order chi connectivity index (χ0) is 13.4. The van der Waals surface area contributed by atoms with Gasteiger partial charge in [0.25, 0.3) is 0 Å². The van der Waals surface area contributed by atoms with E-state index in [-0.39, 0.29) is 12.4 Å². The molecule has 1 N–H and O–H groups in total. The van der Waals surface area contributed by atoms with Crippen molar-refractivity contribution < 1.29 is 17.3 Å². The smallest absolute Gasteiger partial charge is 0.0804 e. The van der Waals surface area contributed by atoms with E-state index in [1.54, 1.807) is 10.5 Å². The Labute approximate surface area is 137 Å². The molecule has 2 atom stereocenters. The van der Waals surface area contributed by atoms with Gasteiger partial charge in [0, 0.05) is 10.4 Å². The molecule has 20 heavy (non-hydrogen) atoms. The van der Waals surface area contributed by atoms with Gasteiger partial charge < -0.3 is 17.3 Å². The SMILES string of the molecule is C[NH+](C)CC1C2CCC(CC2)C1c1ccc(Br)cc1.[Cl-]. The standard InChI is InChI=1S/C17H24BrN.ClH/c1-19(2)11-16-12-3-5-13(6-4-12)17(16)14-7-9-15(18)10-8-14;/h7-10,12-13,16-17H,3-6,11H2,1-2H3;1H. The quantitative estimate of drug-likeness (QED) is 0.783. The summed E-state index contributed by atoms with van der Waals surface area (Å²) in [5, 5.41) is 0. The zero-order valence-electron chi connectivity index (χ0n) is 12.4. The molecule has 0 amide bonds. The average Bonchev–Trinajstić information content (AvgIpc) is 2.41. The minimum Gasteiger partial charge on any atom is -1.00 e. The second-order valence-electron chi connectivity index (χ2n) is 6.83. The van der Waals surface area contributed by atoms with Crippen LogP contribution in [0.2, 0.25) is 0 Å². The van der Waals surface area contributed by atoms with Crippen molar-refractivity contribution in [1.82, 2.24) is 0 Å². The van der Waals surface area contributed by atoms with Crippen LogP contribution in [-0.4, -0.2) is 20.6 Å². The summed E-state index contributed by atoms with van der Waals surface area (Å²) in [4.78, 5) is 1.61. The second kappa shape index (κ2) is 6.81. The van der Waals surface area contributed by atoms with Crippen molar-refractivity contribution in [2.24, 2.45) is 17.8 Å². The number of nitrogens with one attached hydrogen (secondary N) is 1. The van der Waals surface area contributed by atoms with Crippen molar-refractivity contribution in [2.75, 3.05) is 20.6 Å². The van der Waals surface area contributed by atoms with Crippen molar-refractivity contribution in [3.05, 3.63) is 34.3 Å². The molecule has 3 saturated carbocycles. The van der Waals surface area contributed by atoms with Crippen LogP contribution >= 0.6 is 15.9 Å². The molecule has 2 bridgehead atoms. The molecule has 1 aromatic carbocycles. The molecular formula is C17H25BrClN. The minimum absolute atomic E-state index is 0. The van der Waals surface area contributed by atoms with E-state index < -0.39 is 0 Å². The first-order valence-corrected chi connectivity index (χ1v) is 8.49. The van der Waals surface area contributed by atoms with Crippen LogP contribution in [0, 0.1) is 17.8 Å². The Morgan fingerprint density at radius 2 is 1.55 bits per heavy atom. The summed E-state index contributed by atoms with van der Waals surface area (Å²) < 4.78 is 1.20. The maximum atomic E-state index is 3.56. The molecule has 3 fully saturated rings. The summed E-state index contributed by atoms with van der Waals surface area (Å²) in [7, 11) is 4.61. The molecule has 0 spiro atoms. The Balaban J connectivity index is 0.00000147. The molecule has 0 saturated heterocycles. The number of fused-ring (bicyclic) bond motifs is 3. The predicted molar refractivity (Wildman–Crippen MR) is 83.5 cm³/mol. The van der Waals surface area contributed by atoms with Gasteiger partial charge in [-0.1, -0.05) is 28.1 Å². The van der Waals surface area contributed by atoms with Crippen LogP contribution < -0.4 is 17.3 Å². The van der Waals surface area contributed by atoms with Gasteiger partial charge in [-0.25, -0.2) is 0 Å². The lowest BCUT2D eigenvalue weighted by Gasteiger charge is -2.49. The third kappa shape index (κ3) is 3.23. The highest BCUT2D eigenvalue weighted by molar-refractivity contribution is 9.10. The van der Waals surface area contributed by atoms with Crippen LogP contribution in [0.25, 0.3) is 0 Å². The van der Waals surface area contributed by atoms with Gasteiger partial charge in [-0.15, -0.1) is 0 Å². The minimum atomic E-state index is 0. The summed E-state index contributed by atoms with van der Waals surface area (Å²) in [6.07, 6.45) is 5.89. The van der Waals surface area contributed by atoms with Gasteiger partial charge in [-0.3, -0.25) is 0 Å². The van der Waals surface area contributed by atoms with E-state index >= 15 is 0 Å². The first kappa shape index (κ1) is 16.3. The second-order valence-corrected chi connectivity index (χ2v) is 7.74. The van der Waals surface area contributed by atoms with Gasteiger partial charge in [-0.05, 0) is 61.1 Å². The molecule has 1 aromatic rings. The maximum Gasteiger partial charge on any atom is 0.0804 e. The first-order chi connectivity index (χ1) is 9.15. The normalized spacial score (nSPS) is 32.2. The van der Waals surface area contributed by atoms with Crippen LogP contribution in [-0.2, 0) is 0 Å². The van der Waals surface area contributed by atoms with E-state index in [0.29, 0.717) is 0 Å². The van der Waals surface area contributed by atoms with Gasteiger partial charge in [0.05, 0.1) is 20.6 Å². The van der Waals surface area contributed by atoms with Crippen LogP contribution in [0.5, 0.6) is 0 Å². The van der Waals surface area contributed by atoms with Crippen molar-refractivity contribution in [2.45, 2.75) is 31.6 Å². The number of benzene rings is 1. The maximum absolute atomic E-state index is 3.56. The summed E-state index contributed by atoms with van der Waals surface area (Å²) >= 11 is 3.56. The van der Waals surface area contributed by atoms with Crippen molar-refractivity contribution in [3.8, 4) is 0 Å². The molecule has 112 valence electrons. The van der Waals surface area contributed by atoms with Crippen LogP contribution in [0.15, 0.2) is 28.7 Å². The van der Waals surface area contributed by atoms with E-state index in [0.717, 1.165) is 23.7 Å². The van der Waals surface area contributed by atoms with Crippen LogP contribution in [0.4, 0.5) is 0 Å². The molecule has 2 unspecified atom stereocenters. The third-order valence-electron chi connectivity index (χ3n) is 5.29. The Bertz CT molecular complexity index is 423. The summed E-state index contributed by atoms with van der Waals surface area (Å²) in [6, 6.07) is 9.15. The largest absolute Gasteiger partial charge is 1.00 e. The fourth-order valence-corrected chi connectivity index (χ4v) is 4.81. The van der Waals surface area contributed by atoms with Gasteiger partial charge in [-0.2, -0.15) is 0 Å². The Kier molecular flexibility index (Phi) is 5.56. The van der Waals surface area contributed by atoms with Gasteiger partial charge >= 0.3 is 0 Å². The summed E-state index contributed by atoms with van der Waals surface area (Å²) in [6.45, 7) is 1.34. The van der Waals surface area contributed by atoms with Gasteiger partial charge in [0.15, 0.2) is 0 Å². The number of quaternary nitrogens is 1. The van der Waals surface area contributed by atoms with Gasteiger partial charge in [0.2, 0.25) is 0 Å². The number of halogens is 2. The Morgan fingerprint density at radius 3 is 2.10 bits per heavy atom. The molecule has 0 heterocycles. The highest BCUT2D eigenvalue weighted by Crippen LogP contribution is 2.52. The van der Waals surface area contributed by atoms with Crippen molar-refractivity contribution in [3.63, 3.8) is 0 Å².